The molecule has 1 aromatic carbocycles. The highest BCUT2D eigenvalue weighted by Crippen LogP contribution is 2.12. The number of ether oxygens (including phenoxy) is 1. The minimum absolute atomic E-state index is 0.157. The van der Waals surface area contributed by atoms with Crippen molar-refractivity contribution in [3.05, 3.63) is 42.0 Å². The quantitative estimate of drug-likeness (QED) is 0.212. The van der Waals surface area contributed by atoms with Gasteiger partial charge in [-0.1, -0.05) is 70.4 Å². The first kappa shape index (κ1) is 22.3. The number of rotatable bonds is 15. The van der Waals surface area contributed by atoms with Crippen molar-refractivity contribution in [1.29, 1.82) is 0 Å². The summed E-state index contributed by atoms with van der Waals surface area (Å²) in [5.74, 6) is -0.154. The van der Waals surface area contributed by atoms with Crippen LogP contribution in [0.15, 0.2) is 36.4 Å². The molecule has 0 unspecified atom stereocenters. The molecular weight excluding hydrogens is 324 g/mol. The van der Waals surface area contributed by atoms with E-state index in [-0.39, 0.29) is 11.7 Å². The molecule has 0 amide bonds. The van der Waals surface area contributed by atoms with Crippen LogP contribution in [0.3, 0.4) is 0 Å². The van der Waals surface area contributed by atoms with Crippen molar-refractivity contribution >= 4 is 5.97 Å². The van der Waals surface area contributed by atoms with Gasteiger partial charge in [-0.15, -0.1) is 0 Å². The topological polar surface area (TPSA) is 46.5 Å². The Kier molecular flexibility index (Phi) is 13.3. The number of allylic oxidation sites excluding steroid dienone is 2. The van der Waals surface area contributed by atoms with E-state index >= 15 is 0 Å². The van der Waals surface area contributed by atoms with Crippen LogP contribution in [-0.2, 0) is 4.74 Å². The maximum Gasteiger partial charge on any atom is 0.338 e. The van der Waals surface area contributed by atoms with Gasteiger partial charge in [0.05, 0.1) is 12.2 Å². The second-order valence-corrected chi connectivity index (χ2v) is 6.91. The fourth-order valence-corrected chi connectivity index (χ4v) is 2.83. The number of aromatic hydroxyl groups is 1. The number of benzene rings is 1. The Bertz CT molecular complexity index is 491. The van der Waals surface area contributed by atoms with Crippen LogP contribution in [0.1, 0.15) is 94.3 Å². The van der Waals surface area contributed by atoms with Crippen molar-refractivity contribution in [3.8, 4) is 5.75 Å². The van der Waals surface area contributed by atoms with Crippen molar-refractivity contribution in [3.63, 3.8) is 0 Å². The van der Waals surface area contributed by atoms with Crippen molar-refractivity contribution in [2.75, 3.05) is 6.61 Å². The zero-order chi connectivity index (χ0) is 18.9. The molecule has 1 rings (SSSR count). The second kappa shape index (κ2) is 15.5. The molecule has 0 spiro atoms. The molecule has 3 heteroatoms. The van der Waals surface area contributed by atoms with Gasteiger partial charge in [-0.3, -0.25) is 0 Å². The molecule has 0 aliphatic carbocycles. The highest BCUT2D eigenvalue weighted by atomic mass is 16.5. The fraction of sp³-hybridized carbons (Fsp3) is 0.609. The Labute approximate surface area is 159 Å². The Morgan fingerprint density at radius 3 is 2.00 bits per heavy atom. The van der Waals surface area contributed by atoms with Gasteiger partial charge in [0.1, 0.15) is 5.75 Å². The molecule has 0 fully saturated rings. The Morgan fingerprint density at radius 2 is 1.38 bits per heavy atom. The summed E-state index contributed by atoms with van der Waals surface area (Å²) in [7, 11) is 0. The molecule has 1 aromatic rings. The largest absolute Gasteiger partial charge is 0.508 e. The van der Waals surface area contributed by atoms with E-state index in [9.17, 15) is 9.90 Å². The number of phenolic OH excluding ortho intramolecular Hbond substituents is 1. The van der Waals surface area contributed by atoms with Crippen molar-refractivity contribution < 1.29 is 14.6 Å². The van der Waals surface area contributed by atoms with Crippen LogP contribution < -0.4 is 0 Å². The molecular formula is C23H36O3. The maximum absolute atomic E-state index is 11.8. The van der Waals surface area contributed by atoms with Crippen molar-refractivity contribution in [2.24, 2.45) is 0 Å². The molecule has 26 heavy (non-hydrogen) atoms. The van der Waals surface area contributed by atoms with Crippen LogP contribution in [-0.4, -0.2) is 17.7 Å². The summed E-state index contributed by atoms with van der Waals surface area (Å²) in [5, 5.41) is 9.20. The average Bonchev–Trinajstić information content (AvgIpc) is 2.65. The third-order valence-electron chi connectivity index (χ3n) is 4.49. The van der Waals surface area contributed by atoms with E-state index in [0.29, 0.717) is 12.2 Å². The van der Waals surface area contributed by atoms with Gasteiger partial charge < -0.3 is 9.84 Å². The zero-order valence-electron chi connectivity index (χ0n) is 16.4. The summed E-state index contributed by atoms with van der Waals surface area (Å²) >= 11 is 0. The lowest BCUT2D eigenvalue weighted by Gasteiger charge is -2.05. The van der Waals surface area contributed by atoms with Gasteiger partial charge in [-0.05, 0) is 49.9 Å². The van der Waals surface area contributed by atoms with Crippen LogP contribution in [0.4, 0.5) is 0 Å². The molecule has 0 aliphatic rings. The Morgan fingerprint density at radius 1 is 0.846 bits per heavy atom. The normalized spacial score (nSPS) is 11.1. The van der Waals surface area contributed by atoms with Gasteiger partial charge in [0.2, 0.25) is 0 Å². The van der Waals surface area contributed by atoms with Crippen molar-refractivity contribution in [2.45, 2.75) is 84.0 Å². The van der Waals surface area contributed by atoms with Gasteiger partial charge >= 0.3 is 5.97 Å². The smallest absolute Gasteiger partial charge is 0.338 e. The third-order valence-corrected chi connectivity index (χ3v) is 4.49. The molecule has 3 nitrogen and oxygen atoms in total. The van der Waals surface area contributed by atoms with Gasteiger partial charge in [-0.2, -0.15) is 0 Å². The number of hydrogen-bond donors (Lipinski definition) is 1. The summed E-state index contributed by atoms with van der Waals surface area (Å²) in [5.41, 5.74) is 0.489. The second-order valence-electron chi connectivity index (χ2n) is 6.91. The third kappa shape index (κ3) is 11.7. The SMILES string of the molecule is CCCC/C=C/CCCCCCCCCCOC(=O)c1ccc(O)cc1. The van der Waals surface area contributed by atoms with Gasteiger partial charge in [0.15, 0.2) is 0 Å². The number of esters is 1. The highest BCUT2D eigenvalue weighted by molar-refractivity contribution is 5.89. The Balaban J connectivity index is 1.85. The van der Waals surface area contributed by atoms with E-state index in [1.807, 2.05) is 0 Å². The number of carbonyl (C=O) groups excluding carboxylic acids is 1. The number of unbranched alkanes of at least 4 members (excludes halogenated alkanes) is 10. The van der Waals surface area contributed by atoms with E-state index in [4.69, 9.17) is 4.74 Å². The molecule has 0 aromatic heterocycles. The molecule has 0 radical (unpaired) electrons. The van der Waals surface area contributed by atoms with Crippen LogP contribution in [0, 0.1) is 0 Å². The Hall–Kier alpha value is -1.77. The molecule has 146 valence electrons. The molecule has 0 bridgehead atoms. The predicted octanol–water partition coefficient (Wildman–Crippen LogP) is 6.81. The molecule has 0 saturated carbocycles. The molecule has 0 saturated heterocycles. The number of hydrogen-bond acceptors (Lipinski definition) is 3. The van der Waals surface area contributed by atoms with Crippen LogP contribution in [0.5, 0.6) is 5.75 Å². The lowest BCUT2D eigenvalue weighted by Crippen LogP contribution is -2.06. The molecule has 0 heterocycles. The van der Waals surface area contributed by atoms with Crippen LogP contribution in [0.2, 0.25) is 0 Å². The first-order valence-electron chi connectivity index (χ1n) is 10.3. The average molecular weight is 361 g/mol. The van der Waals surface area contributed by atoms with Crippen molar-refractivity contribution in [1.82, 2.24) is 0 Å². The van der Waals surface area contributed by atoms with Gasteiger partial charge in [0.25, 0.3) is 0 Å². The summed E-state index contributed by atoms with van der Waals surface area (Å²) in [4.78, 5) is 11.8. The van der Waals surface area contributed by atoms with Gasteiger partial charge in [-0.25, -0.2) is 4.79 Å². The molecule has 0 aliphatic heterocycles. The lowest BCUT2D eigenvalue weighted by atomic mass is 10.1. The number of phenols is 1. The minimum Gasteiger partial charge on any atom is -0.508 e. The first-order chi connectivity index (χ1) is 12.7. The van der Waals surface area contributed by atoms with E-state index in [0.717, 1.165) is 12.8 Å². The highest BCUT2D eigenvalue weighted by Gasteiger charge is 2.06. The summed E-state index contributed by atoms with van der Waals surface area (Å²) < 4.78 is 5.25. The summed E-state index contributed by atoms with van der Waals surface area (Å²) in [6.45, 7) is 2.71. The summed E-state index contributed by atoms with van der Waals surface area (Å²) in [6.07, 6.45) is 19.6. The van der Waals surface area contributed by atoms with E-state index in [1.54, 1.807) is 12.1 Å². The summed E-state index contributed by atoms with van der Waals surface area (Å²) in [6, 6.07) is 6.16. The van der Waals surface area contributed by atoms with E-state index in [2.05, 4.69) is 19.1 Å². The molecule has 1 N–H and O–H groups in total. The standard InChI is InChI=1S/C23H36O3/c1-2-3-4-5-6-7-8-9-10-11-12-13-14-15-20-26-23(25)21-16-18-22(24)19-17-21/h5-6,16-19,24H,2-4,7-15,20H2,1H3/b6-5+. The zero-order valence-corrected chi connectivity index (χ0v) is 16.4. The lowest BCUT2D eigenvalue weighted by molar-refractivity contribution is 0.0497. The maximum atomic E-state index is 11.8. The fourth-order valence-electron chi connectivity index (χ4n) is 2.83. The monoisotopic (exact) mass is 360 g/mol. The van der Waals surface area contributed by atoms with Gasteiger partial charge in [0, 0.05) is 0 Å². The minimum atomic E-state index is -0.311. The van der Waals surface area contributed by atoms with Crippen LogP contribution in [0.25, 0.3) is 0 Å². The van der Waals surface area contributed by atoms with E-state index < -0.39 is 0 Å². The molecule has 0 atom stereocenters. The van der Waals surface area contributed by atoms with Crippen LogP contribution >= 0.6 is 0 Å². The predicted molar refractivity (Wildman–Crippen MR) is 109 cm³/mol. The number of carbonyl (C=O) groups is 1. The first-order valence-corrected chi connectivity index (χ1v) is 10.3. The van der Waals surface area contributed by atoms with E-state index in [1.165, 1.54) is 76.3 Å².